The van der Waals surface area contributed by atoms with Gasteiger partial charge in [-0.1, -0.05) is 6.07 Å². The first-order chi connectivity index (χ1) is 11.9. The van der Waals surface area contributed by atoms with Gasteiger partial charge < -0.3 is 4.57 Å². The number of sulfonamides is 1. The maximum absolute atomic E-state index is 12.2. The summed E-state index contributed by atoms with van der Waals surface area (Å²) in [5.41, 5.74) is 2.82. The zero-order valence-corrected chi connectivity index (χ0v) is 15.2. The fourth-order valence-electron chi connectivity index (χ4n) is 2.65. The maximum Gasteiger partial charge on any atom is 0.259 e. The molecule has 3 aromatic rings. The highest BCUT2D eigenvalue weighted by molar-refractivity contribution is 7.89. The van der Waals surface area contributed by atoms with Crippen molar-refractivity contribution in [2.24, 2.45) is 7.05 Å². The third kappa shape index (κ3) is 3.62. The molecule has 0 fully saturated rings. The van der Waals surface area contributed by atoms with E-state index in [2.05, 4.69) is 19.8 Å². The van der Waals surface area contributed by atoms with Crippen LogP contribution in [0, 0.1) is 13.8 Å². The summed E-state index contributed by atoms with van der Waals surface area (Å²) in [6.07, 6.45) is 5.18. The van der Waals surface area contributed by atoms with Gasteiger partial charge in [-0.05, 0) is 38.0 Å². The normalized spacial score (nSPS) is 11.8. The molecule has 25 heavy (non-hydrogen) atoms. The fraction of sp³-hybridized carbons (Fsp3) is 0.312. The Balaban J connectivity index is 1.73. The van der Waals surface area contributed by atoms with Gasteiger partial charge in [-0.2, -0.15) is 5.10 Å². The average Bonchev–Trinajstić information content (AvgIpc) is 3.14. The van der Waals surface area contributed by atoms with E-state index in [0.717, 1.165) is 22.8 Å². The SMILES string of the molecule is Cc1nn(-c2ccccn2)c(C)c1CCNS(=O)(=O)c1cn(C)cn1. The second-order valence-corrected chi connectivity index (χ2v) is 7.49. The molecule has 0 bridgehead atoms. The van der Waals surface area contributed by atoms with E-state index in [-0.39, 0.29) is 11.6 Å². The molecule has 0 aliphatic heterocycles. The Bertz CT molecular complexity index is 975. The van der Waals surface area contributed by atoms with Crippen molar-refractivity contribution in [1.82, 2.24) is 29.0 Å². The molecule has 3 rings (SSSR count). The number of imidazole rings is 1. The molecule has 8 nitrogen and oxygen atoms in total. The molecule has 0 aliphatic rings. The summed E-state index contributed by atoms with van der Waals surface area (Å²) in [6.45, 7) is 4.14. The van der Waals surface area contributed by atoms with E-state index in [9.17, 15) is 8.42 Å². The Morgan fingerprint density at radius 3 is 2.64 bits per heavy atom. The first kappa shape index (κ1) is 17.3. The van der Waals surface area contributed by atoms with Crippen LogP contribution in [0.25, 0.3) is 5.82 Å². The predicted octanol–water partition coefficient (Wildman–Crippen LogP) is 1.14. The number of aryl methyl sites for hydroxylation is 2. The molecule has 0 aromatic carbocycles. The van der Waals surface area contributed by atoms with E-state index in [1.165, 1.54) is 12.5 Å². The third-order valence-corrected chi connectivity index (χ3v) is 5.28. The van der Waals surface area contributed by atoms with E-state index < -0.39 is 10.0 Å². The zero-order valence-electron chi connectivity index (χ0n) is 14.3. The molecule has 0 amide bonds. The van der Waals surface area contributed by atoms with Crippen molar-refractivity contribution < 1.29 is 8.42 Å². The Morgan fingerprint density at radius 2 is 2.00 bits per heavy atom. The molecule has 132 valence electrons. The van der Waals surface area contributed by atoms with Crippen molar-refractivity contribution >= 4 is 10.0 Å². The summed E-state index contributed by atoms with van der Waals surface area (Å²) in [5.74, 6) is 0.739. The van der Waals surface area contributed by atoms with Crippen molar-refractivity contribution in [3.63, 3.8) is 0 Å². The summed E-state index contributed by atoms with van der Waals surface area (Å²) in [6, 6.07) is 5.63. The Morgan fingerprint density at radius 1 is 1.20 bits per heavy atom. The molecular formula is C16H20N6O2S. The lowest BCUT2D eigenvalue weighted by Crippen LogP contribution is -2.26. The van der Waals surface area contributed by atoms with Crippen LogP contribution in [-0.2, 0) is 23.5 Å². The smallest absolute Gasteiger partial charge is 0.259 e. The number of hydrogen-bond donors (Lipinski definition) is 1. The van der Waals surface area contributed by atoms with E-state index in [1.807, 2.05) is 32.0 Å². The predicted molar refractivity (Wildman–Crippen MR) is 92.9 cm³/mol. The van der Waals surface area contributed by atoms with Crippen LogP contribution in [0.5, 0.6) is 0 Å². The molecule has 0 spiro atoms. The van der Waals surface area contributed by atoms with Crippen molar-refractivity contribution in [1.29, 1.82) is 0 Å². The van der Waals surface area contributed by atoms with Gasteiger partial charge >= 0.3 is 0 Å². The van der Waals surface area contributed by atoms with Crippen LogP contribution in [0.4, 0.5) is 0 Å². The summed E-state index contributed by atoms with van der Waals surface area (Å²) in [5, 5.41) is 4.54. The van der Waals surface area contributed by atoms with Crippen molar-refractivity contribution in [3.05, 3.63) is 53.9 Å². The molecule has 0 saturated carbocycles. The summed E-state index contributed by atoms with van der Waals surface area (Å²) in [4.78, 5) is 8.18. The van der Waals surface area contributed by atoms with E-state index in [1.54, 1.807) is 22.5 Å². The van der Waals surface area contributed by atoms with Gasteiger partial charge in [0, 0.05) is 31.7 Å². The zero-order chi connectivity index (χ0) is 18.0. The highest BCUT2D eigenvalue weighted by atomic mass is 32.2. The summed E-state index contributed by atoms with van der Waals surface area (Å²) < 4.78 is 30.4. The minimum Gasteiger partial charge on any atom is -0.339 e. The lowest BCUT2D eigenvalue weighted by molar-refractivity contribution is 0.578. The Kier molecular flexibility index (Phi) is 4.69. The number of nitrogens with one attached hydrogen (secondary N) is 1. The van der Waals surface area contributed by atoms with E-state index >= 15 is 0 Å². The standard InChI is InChI=1S/C16H20N6O2S/c1-12-14(13(2)22(20-12)15-6-4-5-8-17-15)7-9-19-25(23,24)16-10-21(3)11-18-16/h4-6,8,10-11,19H,7,9H2,1-3H3. The largest absolute Gasteiger partial charge is 0.339 e. The van der Waals surface area contributed by atoms with E-state index in [0.29, 0.717) is 6.42 Å². The van der Waals surface area contributed by atoms with Crippen LogP contribution in [-0.4, -0.2) is 39.3 Å². The fourth-order valence-corrected chi connectivity index (χ4v) is 3.66. The third-order valence-electron chi connectivity index (χ3n) is 3.93. The molecule has 0 unspecified atom stereocenters. The number of aromatic nitrogens is 5. The average molecular weight is 360 g/mol. The van der Waals surface area contributed by atoms with Gasteiger partial charge in [0.2, 0.25) is 0 Å². The van der Waals surface area contributed by atoms with Crippen LogP contribution in [0.15, 0.2) is 41.9 Å². The van der Waals surface area contributed by atoms with Gasteiger partial charge in [-0.3, -0.25) is 0 Å². The van der Waals surface area contributed by atoms with Gasteiger partial charge in [0.25, 0.3) is 10.0 Å². The quantitative estimate of drug-likeness (QED) is 0.711. The molecule has 3 heterocycles. The van der Waals surface area contributed by atoms with Crippen LogP contribution in [0.3, 0.4) is 0 Å². The second-order valence-electron chi connectivity index (χ2n) is 5.77. The first-order valence-electron chi connectivity index (χ1n) is 7.82. The Labute approximate surface area is 146 Å². The van der Waals surface area contributed by atoms with E-state index in [4.69, 9.17) is 0 Å². The maximum atomic E-state index is 12.2. The minimum absolute atomic E-state index is 0.0209. The van der Waals surface area contributed by atoms with Gasteiger partial charge in [-0.15, -0.1) is 0 Å². The number of pyridine rings is 1. The highest BCUT2D eigenvalue weighted by Gasteiger charge is 2.18. The lowest BCUT2D eigenvalue weighted by Gasteiger charge is -2.06. The molecule has 0 atom stereocenters. The number of rotatable bonds is 6. The lowest BCUT2D eigenvalue weighted by atomic mass is 10.1. The van der Waals surface area contributed by atoms with Gasteiger partial charge in [0.05, 0.1) is 12.0 Å². The summed E-state index contributed by atoms with van der Waals surface area (Å²) >= 11 is 0. The van der Waals surface area contributed by atoms with Gasteiger partial charge in [-0.25, -0.2) is 27.8 Å². The number of nitrogens with zero attached hydrogens (tertiary/aromatic N) is 5. The van der Waals surface area contributed by atoms with Crippen molar-refractivity contribution in [2.75, 3.05) is 6.54 Å². The van der Waals surface area contributed by atoms with Crippen molar-refractivity contribution in [2.45, 2.75) is 25.3 Å². The Hall–Kier alpha value is -2.52. The monoisotopic (exact) mass is 360 g/mol. The topological polar surface area (TPSA) is 94.7 Å². The van der Waals surface area contributed by atoms with Crippen LogP contribution < -0.4 is 4.72 Å². The van der Waals surface area contributed by atoms with Gasteiger partial charge in [0.15, 0.2) is 10.8 Å². The van der Waals surface area contributed by atoms with Crippen LogP contribution in [0.2, 0.25) is 0 Å². The van der Waals surface area contributed by atoms with Crippen molar-refractivity contribution in [3.8, 4) is 5.82 Å². The second kappa shape index (κ2) is 6.77. The number of hydrogen-bond acceptors (Lipinski definition) is 5. The molecule has 0 radical (unpaired) electrons. The minimum atomic E-state index is -3.60. The van der Waals surface area contributed by atoms with Crippen LogP contribution >= 0.6 is 0 Å². The molecule has 0 saturated heterocycles. The van der Waals surface area contributed by atoms with Gasteiger partial charge in [0.1, 0.15) is 0 Å². The highest BCUT2D eigenvalue weighted by Crippen LogP contribution is 2.17. The molecule has 0 aliphatic carbocycles. The molecule has 3 aromatic heterocycles. The van der Waals surface area contributed by atoms with Crippen LogP contribution in [0.1, 0.15) is 17.0 Å². The molecule has 9 heteroatoms. The molecule has 1 N–H and O–H groups in total. The summed E-state index contributed by atoms with van der Waals surface area (Å²) in [7, 11) is -1.88. The molecular weight excluding hydrogens is 340 g/mol. The first-order valence-corrected chi connectivity index (χ1v) is 9.31.